The second-order valence-electron chi connectivity index (χ2n) is 5.34. The minimum Gasteiger partial charge on any atom is -0.452 e. The van der Waals surface area contributed by atoms with Crippen molar-refractivity contribution in [1.82, 2.24) is 0 Å². The van der Waals surface area contributed by atoms with Crippen LogP contribution in [0.4, 0.5) is 23.2 Å². The minimum atomic E-state index is -2.92. The number of alkyl halides is 4. The third kappa shape index (κ3) is 8.69. The molecule has 10 heteroatoms. The largest absolute Gasteiger partial charge is 0.452 e. The second kappa shape index (κ2) is 11.1. The van der Waals surface area contributed by atoms with Gasteiger partial charge < -0.3 is 14.8 Å². The molecule has 0 unspecified atom stereocenters. The van der Waals surface area contributed by atoms with Crippen LogP contribution in [0.2, 0.25) is 0 Å². The van der Waals surface area contributed by atoms with Crippen molar-refractivity contribution in [3.05, 3.63) is 60.2 Å². The Bertz CT molecular complexity index is 842. The van der Waals surface area contributed by atoms with E-state index in [2.05, 4.69) is 10.1 Å². The van der Waals surface area contributed by atoms with Crippen LogP contribution in [0.3, 0.4) is 0 Å². The van der Waals surface area contributed by atoms with Gasteiger partial charge in [-0.05, 0) is 48.0 Å². The molecule has 0 atom stereocenters. The molecule has 0 aliphatic carbocycles. The number of halogens is 4. The molecule has 0 radical (unpaired) electrons. The monoisotopic (exact) mass is 429 g/mol. The average Bonchev–Trinajstić information content (AvgIpc) is 2.66. The molecule has 1 N–H and O–H groups in total. The van der Waals surface area contributed by atoms with E-state index in [9.17, 15) is 27.2 Å². The molecule has 29 heavy (non-hydrogen) atoms. The summed E-state index contributed by atoms with van der Waals surface area (Å²) < 4.78 is 57.6. The molecule has 0 saturated heterocycles. The fourth-order valence-corrected chi connectivity index (χ4v) is 2.53. The summed E-state index contributed by atoms with van der Waals surface area (Å²) in [5, 5.41) is 2.46. The summed E-state index contributed by atoms with van der Waals surface area (Å²) in [6.07, 6.45) is 2.46. The van der Waals surface area contributed by atoms with Crippen LogP contribution in [0, 0.1) is 0 Å². The van der Waals surface area contributed by atoms with Gasteiger partial charge in [-0.2, -0.15) is 17.6 Å². The van der Waals surface area contributed by atoms with E-state index in [1.807, 2.05) is 0 Å². The fraction of sp³-hybridized carbons (Fsp3) is 0.158. The number of anilines is 1. The maximum atomic E-state index is 12.2. The van der Waals surface area contributed by atoms with Crippen molar-refractivity contribution in [3.8, 4) is 5.75 Å². The standard InChI is InChI=1S/C19H15F4NO4S/c20-18(21)28-14-6-1-12(2-7-14)3-10-17(26)27-11-16(25)24-13-4-8-15(9-5-13)29-19(22)23/h1-10,18-19H,11H2,(H,24,25)/b10-3+. The molecule has 1 amide bonds. The van der Waals surface area contributed by atoms with Crippen LogP contribution < -0.4 is 10.1 Å². The lowest BCUT2D eigenvalue weighted by Gasteiger charge is -2.06. The number of rotatable bonds is 9. The van der Waals surface area contributed by atoms with Gasteiger partial charge in [0.2, 0.25) is 0 Å². The van der Waals surface area contributed by atoms with Gasteiger partial charge in [-0.25, -0.2) is 4.79 Å². The summed E-state index contributed by atoms with van der Waals surface area (Å²) in [6, 6.07) is 11.3. The Hall–Kier alpha value is -3.01. The number of ether oxygens (including phenoxy) is 2. The van der Waals surface area contributed by atoms with Gasteiger partial charge in [0.1, 0.15) is 5.75 Å². The van der Waals surface area contributed by atoms with Crippen molar-refractivity contribution in [3.63, 3.8) is 0 Å². The molecule has 0 spiro atoms. The van der Waals surface area contributed by atoms with Gasteiger partial charge in [0.15, 0.2) is 6.61 Å². The molecule has 0 aliphatic heterocycles. The lowest BCUT2D eigenvalue weighted by molar-refractivity contribution is -0.142. The van der Waals surface area contributed by atoms with Crippen LogP contribution in [0.15, 0.2) is 59.5 Å². The SMILES string of the molecule is O=C(COC(=O)/C=C/c1ccc(OC(F)F)cc1)Nc1ccc(SC(F)F)cc1. The van der Waals surface area contributed by atoms with E-state index in [0.29, 0.717) is 27.9 Å². The van der Waals surface area contributed by atoms with Gasteiger partial charge >= 0.3 is 12.6 Å². The smallest absolute Gasteiger partial charge is 0.387 e. The lowest BCUT2D eigenvalue weighted by Crippen LogP contribution is -2.20. The van der Waals surface area contributed by atoms with E-state index in [1.54, 1.807) is 0 Å². The highest BCUT2D eigenvalue weighted by atomic mass is 32.2. The second-order valence-corrected chi connectivity index (χ2v) is 6.40. The Kier molecular flexibility index (Phi) is 8.53. The van der Waals surface area contributed by atoms with Crippen LogP contribution in [-0.4, -0.2) is 30.9 Å². The number of hydrogen-bond acceptors (Lipinski definition) is 5. The van der Waals surface area contributed by atoms with Gasteiger partial charge in [0, 0.05) is 16.7 Å². The maximum Gasteiger partial charge on any atom is 0.387 e. The molecule has 0 bridgehead atoms. The molecule has 0 aliphatic rings. The first-order valence-electron chi connectivity index (χ1n) is 8.06. The number of nitrogens with one attached hydrogen (secondary N) is 1. The molecule has 0 fully saturated rings. The number of thioether (sulfide) groups is 1. The van der Waals surface area contributed by atoms with Crippen molar-refractivity contribution >= 4 is 35.4 Å². The Labute approximate surface area is 167 Å². The molecular weight excluding hydrogens is 414 g/mol. The van der Waals surface area contributed by atoms with Crippen molar-refractivity contribution in [2.75, 3.05) is 11.9 Å². The van der Waals surface area contributed by atoms with Crippen LogP contribution in [0.5, 0.6) is 5.75 Å². The molecular formula is C19H15F4NO4S. The van der Waals surface area contributed by atoms with E-state index in [0.717, 1.165) is 6.08 Å². The Balaban J connectivity index is 1.76. The van der Waals surface area contributed by atoms with Crippen LogP contribution >= 0.6 is 11.8 Å². The molecule has 0 aromatic heterocycles. The molecule has 0 saturated carbocycles. The van der Waals surface area contributed by atoms with E-state index in [1.165, 1.54) is 54.6 Å². The fourth-order valence-electron chi connectivity index (χ4n) is 2.03. The maximum absolute atomic E-state index is 12.2. The summed E-state index contributed by atoms with van der Waals surface area (Å²) >= 11 is 0.384. The first-order chi connectivity index (χ1) is 13.8. The third-order valence-corrected chi connectivity index (χ3v) is 3.95. The Morgan fingerprint density at radius 1 is 1.00 bits per heavy atom. The van der Waals surface area contributed by atoms with Crippen molar-refractivity contribution in [2.24, 2.45) is 0 Å². The first kappa shape index (κ1) is 22.3. The summed E-state index contributed by atoms with van der Waals surface area (Å²) in [7, 11) is 0. The third-order valence-electron chi connectivity index (χ3n) is 3.23. The molecule has 5 nitrogen and oxygen atoms in total. The van der Waals surface area contributed by atoms with E-state index >= 15 is 0 Å². The topological polar surface area (TPSA) is 64.6 Å². The van der Waals surface area contributed by atoms with Crippen LogP contribution in [0.25, 0.3) is 6.08 Å². The molecule has 2 aromatic carbocycles. The van der Waals surface area contributed by atoms with Crippen molar-refractivity contribution < 1.29 is 36.6 Å². The Morgan fingerprint density at radius 2 is 1.66 bits per heavy atom. The van der Waals surface area contributed by atoms with Gasteiger partial charge in [0.25, 0.3) is 11.7 Å². The molecule has 2 rings (SSSR count). The summed E-state index contributed by atoms with van der Waals surface area (Å²) in [6.45, 7) is -3.47. The summed E-state index contributed by atoms with van der Waals surface area (Å²) in [4.78, 5) is 23.8. The molecule has 154 valence electrons. The normalized spacial score (nSPS) is 11.1. The van der Waals surface area contributed by atoms with Crippen molar-refractivity contribution in [2.45, 2.75) is 17.3 Å². The number of esters is 1. The number of carbonyl (C=O) groups is 2. The van der Waals surface area contributed by atoms with Gasteiger partial charge in [-0.3, -0.25) is 4.79 Å². The quantitative estimate of drug-likeness (QED) is 0.269. The van der Waals surface area contributed by atoms with E-state index in [4.69, 9.17) is 4.74 Å². The van der Waals surface area contributed by atoms with Crippen LogP contribution in [-0.2, 0) is 14.3 Å². The zero-order chi connectivity index (χ0) is 21.2. The summed E-state index contributed by atoms with van der Waals surface area (Å²) in [5.74, 6) is -3.93. The van der Waals surface area contributed by atoms with Gasteiger partial charge in [0.05, 0.1) is 0 Å². The van der Waals surface area contributed by atoms with E-state index < -0.39 is 30.9 Å². The zero-order valence-corrected chi connectivity index (χ0v) is 15.5. The number of hydrogen-bond donors (Lipinski definition) is 1. The van der Waals surface area contributed by atoms with Gasteiger partial charge in [-0.15, -0.1) is 0 Å². The van der Waals surface area contributed by atoms with Crippen LogP contribution in [0.1, 0.15) is 5.56 Å². The van der Waals surface area contributed by atoms with Gasteiger partial charge in [-0.1, -0.05) is 23.9 Å². The molecule has 0 heterocycles. The Morgan fingerprint density at radius 3 is 2.24 bits per heavy atom. The highest BCUT2D eigenvalue weighted by Crippen LogP contribution is 2.26. The zero-order valence-electron chi connectivity index (χ0n) is 14.7. The first-order valence-corrected chi connectivity index (χ1v) is 8.94. The summed E-state index contributed by atoms with van der Waals surface area (Å²) in [5.41, 5.74) is 0.904. The average molecular weight is 429 g/mol. The van der Waals surface area contributed by atoms with E-state index in [-0.39, 0.29) is 5.75 Å². The number of carbonyl (C=O) groups excluding carboxylic acids is 2. The highest BCUT2D eigenvalue weighted by Gasteiger charge is 2.08. The number of amides is 1. The highest BCUT2D eigenvalue weighted by molar-refractivity contribution is 7.99. The van der Waals surface area contributed by atoms with Crippen molar-refractivity contribution in [1.29, 1.82) is 0 Å². The predicted molar refractivity (Wildman–Crippen MR) is 100.0 cm³/mol. The predicted octanol–water partition coefficient (Wildman–Crippen LogP) is 4.80. The minimum absolute atomic E-state index is 0.0165. The molecule has 2 aromatic rings. The lowest BCUT2D eigenvalue weighted by atomic mass is 10.2. The number of benzene rings is 2.